The molecule has 3 aromatic carbocycles. The maximum atomic E-state index is 11.9. The Labute approximate surface area is 224 Å². The molecular weight excluding hydrogens is 482 g/mol. The molecule has 9 heteroatoms. The van der Waals surface area contributed by atoms with Gasteiger partial charge in [0.1, 0.15) is 0 Å². The number of hydrogen-bond acceptors (Lipinski definition) is 7. The Hall–Kier alpha value is -3.92. The van der Waals surface area contributed by atoms with Gasteiger partial charge in [-0.05, 0) is 80.0 Å². The Kier molecular flexibility index (Phi) is 14.0. The lowest BCUT2D eigenvalue weighted by atomic mass is 10.1. The Balaban J connectivity index is 0.000000269. The van der Waals surface area contributed by atoms with Gasteiger partial charge in [0.25, 0.3) is 11.8 Å². The second kappa shape index (κ2) is 17.5. The number of nitrogens with one attached hydrogen (secondary N) is 4. The Morgan fingerprint density at radius 2 is 1.16 bits per heavy atom. The first kappa shape index (κ1) is 30.3. The van der Waals surface area contributed by atoms with E-state index in [1.54, 1.807) is 48.5 Å². The predicted molar refractivity (Wildman–Crippen MR) is 151 cm³/mol. The van der Waals surface area contributed by atoms with Crippen molar-refractivity contribution in [3.05, 3.63) is 95.6 Å². The third-order valence-electron chi connectivity index (χ3n) is 5.93. The van der Waals surface area contributed by atoms with Crippen LogP contribution in [0.3, 0.4) is 0 Å². The van der Waals surface area contributed by atoms with Crippen molar-refractivity contribution in [1.29, 1.82) is 0 Å². The smallest absolute Gasteiger partial charge is 0.251 e. The SMILES string of the molecule is CCN(CC)CCNC(=O)c1ccc(NO)cc1.O=C(NCCCc1ccccc1)c1ccc(NO)cc1. The largest absolute Gasteiger partial charge is 0.352 e. The van der Waals surface area contributed by atoms with E-state index in [9.17, 15) is 9.59 Å². The molecule has 0 atom stereocenters. The van der Waals surface area contributed by atoms with Crippen LogP contribution in [0, 0.1) is 0 Å². The maximum absolute atomic E-state index is 11.9. The number of carbonyl (C=O) groups excluding carboxylic acids is 2. The Morgan fingerprint density at radius 1 is 0.684 bits per heavy atom. The minimum Gasteiger partial charge on any atom is -0.352 e. The number of benzene rings is 3. The zero-order valence-corrected chi connectivity index (χ0v) is 22.1. The molecule has 0 heterocycles. The molecular formula is C29H39N5O4. The first-order valence-corrected chi connectivity index (χ1v) is 12.8. The first-order chi connectivity index (χ1) is 18.5. The van der Waals surface area contributed by atoms with Gasteiger partial charge in [-0.15, -0.1) is 0 Å². The fourth-order valence-corrected chi connectivity index (χ4v) is 3.60. The van der Waals surface area contributed by atoms with Crippen LogP contribution in [0.5, 0.6) is 0 Å². The third kappa shape index (κ3) is 11.0. The van der Waals surface area contributed by atoms with Crippen LogP contribution in [0.25, 0.3) is 0 Å². The van der Waals surface area contributed by atoms with E-state index >= 15 is 0 Å². The van der Waals surface area contributed by atoms with E-state index in [2.05, 4.69) is 41.5 Å². The van der Waals surface area contributed by atoms with E-state index < -0.39 is 0 Å². The number of nitrogens with zero attached hydrogens (tertiary/aromatic N) is 1. The highest BCUT2D eigenvalue weighted by atomic mass is 16.5. The number of likely N-dealkylation sites (N-methyl/N-ethyl adjacent to an activating group) is 1. The molecule has 0 bridgehead atoms. The van der Waals surface area contributed by atoms with Gasteiger partial charge in [0, 0.05) is 30.8 Å². The average molecular weight is 522 g/mol. The summed E-state index contributed by atoms with van der Waals surface area (Å²) in [7, 11) is 0. The summed E-state index contributed by atoms with van der Waals surface area (Å²) in [5.74, 6) is -0.186. The van der Waals surface area contributed by atoms with Crippen LogP contribution in [-0.4, -0.2) is 59.9 Å². The molecule has 0 aliphatic carbocycles. The number of carbonyl (C=O) groups is 2. The average Bonchev–Trinajstić information content (AvgIpc) is 2.98. The lowest BCUT2D eigenvalue weighted by Gasteiger charge is -2.17. The molecule has 3 aromatic rings. The summed E-state index contributed by atoms with van der Waals surface area (Å²) in [6.07, 6.45) is 1.86. The summed E-state index contributed by atoms with van der Waals surface area (Å²) in [5, 5.41) is 23.1. The highest BCUT2D eigenvalue weighted by molar-refractivity contribution is 5.95. The monoisotopic (exact) mass is 521 g/mol. The van der Waals surface area contributed by atoms with E-state index in [1.165, 1.54) is 5.56 Å². The fraction of sp³-hybridized carbons (Fsp3) is 0.310. The molecule has 0 radical (unpaired) electrons. The molecule has 0 aliphatic heterocycles. The fourth-order valence-electron chi connectivity index (χ4n) is 3.60. The molecule has 0 saturated heterocycles. The number of amides is 2. The zero-order chi connectivity index (χ0) is 27.6. The van der Waals surface area contributed by atoms with Crippen molar-refractivity contribution in [2.45, 2.75) is 26.7 Å². The van der Waals surface area contributed by atoms with Crippen molar-refractivity contribution in [3.63, 3.8) is 0 Å². The molecule has 0 saturated carbocycles. The minimum atomic E-state index is -0.0949. The van der Waals surface area contributed by atoms with Gasteiger partial charge in [0.2, 0.25) is 0 Å². The molecule has 0 aromatic heterocycles. The van der Waals surface area contributed by atoms with Crippen LogP contribution < -0.4 is 21.6 Å². The van der Waals surface area contributed by atoms with Gasteiger partial charge in [0.05, 0.1) is 11.4 Å². The molecule has 6 N–H and O–H groups in total. The number of rotatable bonds is 13. The van der Waals surface area contributed by atoms with Crippen molar-refractivity contribution < 1.29 is 20.0 Å². The van der Waals surface area contributed by atoms with Gasteiger partial charge in [-0.3, -0.25) is 31.0 Å². The molecule has 0 aliphatic rings. The summed E-state index contributed by atoms with van der Waals surface area (Å²) >= 11 is 0. The number of hydrogen-bond donors (Lipinski definition) is 6. The molecule has 204 valence electrons. The van der Waals surface area contributed by atoms with Crippen LogP contribution in [0.15, 0.2) is 78.9 Å². The second-order valence-electron chi connectivity index (χ2n) is 8.51. The van der Waals surface area contributed by atoms with Crippen LogP contribution in [0.1, 0.15) is 46.5 Å². The van der Waals surface area contributed by atoms with Crippen LogP contribution >= 0.6 is 0 Å². The standard InChI is InChI=1S/C16H18N2O2.C13H21N3O2/c19-16(14-8-10-15(18-20)11-9-14)17-12-4-7-13-5-2-1-3-6-13;1-3-16(4-2)10-9-14-13(17)11-5-7-12(15-18)8-6-11/h1-3,5-6,8-11,18,20H,4,7,12H2,(H,17,19);5-8,15,18H,3-4,9-10H2,1-2H3,(H,14,17). The number of aryl methyl sites for hydroxylation is 1. The highest BCUT2D eigenvalue weighted by Gasteiger charge is 2.06. The highest BCUT2D eigenvalue weighted by Crippen LogP contribution is 2.09. The van der Waals surface area contributed by atoms with Crippen molar-refractivity contribution in [1.82, 2.24) is 15.5 Å². The van der Waals surface area contributed by atoms with Gasteiger partial charge in [0.15, 0.2) is 0 Å². The maximum Gasteiger partial charge on any atom is 0.251 e. The number of anilines is 2. The van der Waals surface area contributed by atoms with Gasteiger partial charge in [-0.1, -0.05) is 44.2 Å². The van der Waals surface area contributed by atoms with E-state index in [-0.39, 0.29) is 11.8 Å². The van der Waals surface area contributed by atoms with Crippen molar-refractivity contribution in [3.8, 4) is 0 Å². The van der Waals surface area contributed by atoms with E-state index in [4.69, 9.17) is 10.4 Å². The molecule has 9 nitrogen and oxygen atoms in total. The van der Waals surface area contributed by atoms with Crippen LogP contribution in [0.2, 0.25) is 0 Å². The summed E-state index contributed by atoms with van der Waals surface area (Å²) in [4.78, 5) is 25.9. The first-order valence-electron chi connectivity index (χ1n) is 12.8. The third-order valence-corrected chi connectivity index (χ3v) is 5.93. The van der Waals surface area contributed by atoms with Gasteiger partial charge >= 0.3 is 0 Å². The molecule has 2 amide bonds. The van der Waals surface area contributed by atoms with E-state index in [0.717, 1.165) is 32.5 Å². The van der Waals surface area contributed by atoms with Crippen molar-refractivity contribution in [2.24, 2.45) is 0 Å². The van der Waals surface area contributed by atoms with Crippen molar-refractivity contribution >= 4 is 23.2 Å². The molecule has 0 unspecified atom stereocenters. The van der Waals surface area contributed by atoms with E-state index in [0.29, 0.717) is 35.6 Å². The topological polar surface area (TPSA) is 126 Å². The lowest BCUT2D eigenvalue weighted by molar-refractivity contribution is 0.0942. The Bertz CT molecular complexity index is 1070. The molecule has 0 spiro atoms. The summed E-state index contributed by atoms with van der Waals surface area (Å²) in [6, 6.07) is 23.5. The summed E-state index contributed by atoms with van der Waals surface area (Å²) < 4.78 is 0. The van der Waals surface area contributed by atoms with Gasteiger partial charge in [-0.25, -0.2) is 0 Å². The molecule has 0 fully saturated rings. The van der Waals surface area contributed by atoms with Crippen molar-refractivity contribution in [2.75, 3.05) is 43.7 Å². The van der Waals surface area contributed by atoms with Crippen LogP contribution in [0.4, 0.5) is 11.4 Å². The molecule has 3 rings (SSSR count). The lowest BCUT2D eigenvalue weighted by Crippen LogP contribution is -2.34. The predicted octanol–water partition coefficient (Wildman–Crippen LogP) is 4.41. The van der Waals surface area contributed by atoms with E-state index in [1.807, 2.05) is 29.2 Å². The Morgan fingerprint density at radius 3 is 1.61 bits per heavy atom. The second-order valence-corrected chi connectivity index (χ2v) is 8.51. The van der Waals surface area contributed by atoms with Gasteiger partial charge in [-0.2, -0.15) is 0 Å². The van der Waals surface area contributed by atoms with Gasteiger partial charge < -0.3 is 15.5 Å². The van der Waals surface area contributed by atoms with Crippen LogP contribution in [-0.2, 0) is 6.42 Å². The molecule has 38 heavy (non-hydrogen) atoms. The summed E-state index contributed by atoms with van der Waals surface area (Å²) in [5.41, 5.74) is 7.64. The normalized spacial score (nSPS) is 10.2. The summed E-state index contributed by atoms with van der Waals surface area (Å²) in [6.45, 7) is 8.33. The quantitative estimate of drug-likeness (QED) is 0.145. The minimum absolute atomic E-state index is 0.0911. The zero-order valence-electron chi connectivity index (χ0n) is 22.1.